The van der Waals surface area contributed by atoms with E-state index in [1.807, 2.05) is 37.6 Å². The number of carbonyl (C=O) groups excluding carboxylic acids is 2. The van der Waals surface area contributed by atoms with Crippen LogP contribution in [0, 0.1) is 6.92 Å². The van der Waals surface area contributed by atoms with Crippen molar-refractivity contribution < 1.29 is 9.59 Å². The van der Waals surface area contributed by atoms with Gasteiger partial charge in [0.2, 0.25) is 12.3 Å². The molecule has 2 amide bonds. The fourth-order valence-corrected chi connectivity index (χ4v) is 3.11. The Balaban J connectivity index is 0.00000132. The predicted molar refractivity (Wildman–Crippen MR) is 122 cm³/mol. The Morgan fingerprint density at radius 3 is 2.69 bits per heavy atom. The van der Waals surface area contributed by atoms with Crippen molar-refractivity contribution >= 4 is 35.3 Å². The van der Waals surface area contributed by atoms with Crippen LogP contribution in [0.3, 0.4) is 0 Å². The minimum Gasteiger partial charge on any atom is -0.366 e. The average molecular weight is 413 g/mol. The van der Waals surface area contributed by atoms with Crippen molar-refractivity contribution in [3.05, 3.63) is 64.4 Å². The Bertz CT molecular complexity index is 933. The van der Waals surface area contributed by atoms with Crippen LogP contribution in [-0.2, 0) is 9.59 Å². The molecule has 0 unspecified atom stereocenters. The monoisotopic (exact) mass is 412 g/mol. The number of primary amides is 1. The van der Waals surface area contributed by atoms with Crippen molar-refractivity contribution in [3.8, 4) is 11.3 Å². The highest BCUT2D eigenvalue weighted by atomic mass is 32.1. The number of thiazole rings is 1. The summed E-state index contributed by atoms with van der Waals surface area (Å²) >= 11 is 1.47. The number of hydrogen-bond acceptors (Lipinski definition) is 4. The lowest BCUT2D eigenvalue weighted by Gasteiger charge is -2.00. The van der Waals surface area contributed by atoms with Gasteiger partial charge in [-0.15, -0.1) is 11.3 Å². The van der Waals surface area contributed by atoms with E-state index in [2.05, 4.69) is 35.7 Å². The number of rotatable bonds is 8. The molecule has 0 atom stereocenters. The molecule has 6 nitrogen and oxygen atoms in total. The Morgan fingerprint density at radius 1 is 1.41 bits per heavy atom. The first-order valence-corrected chi connectivity index (χ1v) is 10.1. The third-order valence-corrected chi connectivity index (χ3v) is 4.58. The Kier molecular flexibility index (Phi) is 10.1. The number of aromatic amines is 1. The number of nitrogens with zero attached hydrogens (tertiary/aromatic N) is 1. The number of aryl methyl sites for hydroxylation is 1. The summed E-state index contributed by atoms with van der Waals surface area (Å²) in [5.74, 6) is -0.631. The van der Waals surface area contributed by atoms with Crippen LogP contribution in [0.4, 0.5) is 0 Å². The van der Waals surface area contributed by atoms with Gasteiger partial charge >= 0.3 is 0 Å². The van der Waals surface area contributed by atoms with E-state index in [9.17, 15) is 9.59 Å². The van der Waals surface area contributed by atoms with E-state index in [1.165, 1.54) is 24.0 Å². The van der Waals surface area contributed by atoms with Crippen molar-refractivity contribution in [2.24, 2.45) is 5.73 Å². The summed E-state index contributed by atoms with van der Waals surface area (Å²) in [6, 6.07) is 0. The van der Waals surface area contributed by atoms with Gasteiger partial charge in [-0.1, -0.05) is 45.1 Å². The van der Waals surface area contributed by atoms with Crippen molar-refractivity contribution in [1.82, 2.24) is 15.3 Å². The van der Waals surface area contributed by atoms with Crippen molar-refractivity contribution in [2.45, 2.75) is 34.1 Å². The maximum atomic E-state index is 11.5. The summed E-state index contributed by atoms with van der Waals surface area (Å²) in [7, 11) is 0. The van der Waals surface area contributed by atoms with Gasteiger partial charge in [-0.2, -0.15) is 0 Å². The van der Waals surface area contributed by atoms with E-state index in [-0.39, 0.29) is 5.57 Å². The zero-order valence-corrected chi connectivity index (χ0v) is 18.1. The normalized spacial score (nSPS) is 11.7. The van der Waals surface area contributed by atoms with Crippen LogP contribution >= 0.6 is 11.3 Å². The summed E-state index contributed by atoms with van der Waals surface area (Å²) < 4.78 is 0. The minimum absolute atomic E-state index is 0.193. The summed E-state index contributed by atoms with van der Waals surface area (Å²) in [6.07, 6.45) is 12.1. The van der Waals surface area contributed by atoms with E-state index in [0.29, 0.717) is 6.41 Å². The van der Waals surface area contributed by atoms with Gasteiger partial charge in [0.05, 0.1) is 11.3 Å². The molecule has 0 fully saturated rings. The van der Waals surface area contributed by atoms with Gasteiger partial charge in [-0.25, -0.2) is 4.98 Å². The first-order chi connectivity index (χ1) is 13.9. The van der Waals surface area contributed by atoms with Gasteiger partial charge in [0, 0.05) is 34.6 Å². The number of H-pyrrole nitrogens is 1. The highest BCUT2D eigenvalue weighted by molar-refractivity contribution is 7.11. The summed E-state index contributed by atoms with van der Waals surface area (Å²) in [4.78, 5) is 29.7. The molecule has 0 saturated heterocycles. The molecule has 0 aliphatic carbocycles. The van der Waals surface area contributed by atoms with Crippen molar-refractivity contribution in [3.63, 3.8) is 0 Å². The maximum absolute atomic E-state index is 11.5. The topological polar surface area (TPSA) is 101 Å². The fourth-order valence-electron chi connectivity index (χ4n) is 2.31. The van der Waals surface area contributed by atoms with Gasteiger partial charge < -0.3 is 16.0 Å². The second kappa shape index (κ2) is 12.3. The van der Waals surface area contributed by atoms with Crippen LogP contribution < -0.4 is 11.1 Å². The predicted octanol–water partition coefficient (Wildman–Crippen LogP) is 4.58. The molecule has 2 heterocycles. The van der Waals surface area contributed by atoms with Crippen LogP contribution in [0.25, 0.3) is 22.9 Å². The number of nitrogens with two attached hydrogens (primary N) is 1. The second-order valence-electron chi connectivity index (χ2n) is 6.16. The Labute approximate surface area is 175 Å². The van der Waals surface area contributed by atoms with Crippen LogP contribution in [0.1, 0.15) is 43.5 Å². The van der Waals surface area contributed by atoms with Crippen molar-refractivity contribution in [2.75, 3.05) is 0 Å². The molecule has 4 N–H and O–H groups in total. The lowest BCUT2D eigenvalue weighted by molar-refractivity contribution is -0.114. The van der Waals surface area contributed by atoms with Gasteiger partial charge in [-0.3, -0.25) is 9.59 Å². The summed E-state index contributed by atoms with van der Waals surface area (Å²) in [5.41, 5.74) is 10.2. The minimum atomic E-state index is -0.631. The first kappa shape index (κ1) is 23.8. The standard InChI is InChI=1S/C19H20N4O2S.C3H8/c1-4-5-6-15-13(3)22-9-16(15)17-10-26-19(23-17)12(2)7-14(18(20)25)8-21-11-24;1-3-2/h4-11,22H,1H2,2-3H3,(H2,20,25)(H,21,24);3H2,1-2H3/b6-5-,12-7+,14-8+;. The average Bonchev–Trinajstić information content (AvgIpc) is 3.30. The SMILES string of the molecule is C=C/C=C\c1c(-c2csc(/C(C)=C/C(=C\NC=O)C(N)=O)n2)c[nH]c1C.CCC. The third kappa shape index (κ3) is 7.04. The summed E-state index contributed by atoms with van der Waals surface area (Å²) in [5, 5.41) is 5.04. The molecule has 2 rings (SSSR count). The maximum Gasteiger partial charge on any atom is 0.250 e. The van der Waals surface area contributed by atoms with E-state index < -0.39 is 5.91 Å². The van der Waals surface area contributed by atoms with E-state index in [0.717, 1.165) is 33.1 Å². The number of aromatic nitrogens is 2. The fraction of sp³-hybridized carbons (Fsp3) is 0.227. The molecule has 0 radical (unpaired) electrons. The highest BCUT2D eigenvalue weighted by Gasteiger charge is 2.13. The van der Waals surface area contributed by atoms with Crippen LogP contribution in [-0.4, -0.2) is 22.3 Å². The summed E-state index contributed by atoms with van der Waals surface area (Å²) in [6.45, 7) is 11.8. The molecule has 2 aromatic heterocycles. The Hall–Kier alpha value is -3.19. The van der Waals surface area contributed by atoms with E-state index in [1.54, 1.807) is 12.2 Å². The molecular formula is C22H28N4O2S. The van der Waals surface area contributed by atoms with Crippen molar-refractivity contribution in [1.29, 1.82) is 0 Å². The third-order valence-electron chi connectivity index (χ3n) is 3.61. The number of hydrogen-bond donors (Lipinski definition) is 3. The molecule has 29 heavy (non-hydrogen) atoms. The quantitative estimate of drug-likeness (QED) is 0.336. The molecule has 0 spiro atoms. The van der Waals surface area contributed by atoms with Gasteiger partial charge in [0.15, 0.2) is 0 Å². The second-order valence-corrected chi connectivity index (χ2v) is 7.01. The smallest absolute Gasteiger partial charge is 0.250 e. The molecule has 0 bridgehead atoms. The molecule has 154 valence electrons. The van der Waals surface area contributed by atoms with Crippen LogP contribution in [0.15, 0.2) is 48.2 Å². The molecule has 7 heteroatoms. The molecular weight excluding hydrogens is 384 g/mol. The lowest BCUT2D eigenvalue weighted by atomic mass is 10.1. The van der Waals surface area contributed by atoms with E-state index >= 15 is 0 Å². The first-order valence-electron chi connectivity index (χ1n) is 9.20. The molecule has 0 aliphatic rings. The molecule has 0 saturated carbocycles. The number of carbonyl (C=O) groups is 2. The largest absolute Gasteiger partial charge is 0.366 e. The highest BCUT2D eigenvalue weighted by Crippen LogP contribution is 2.31. The number of amides is 2. The number of allylic oxidation sites excluding steroid dienone is 3. The van der Waals surface area contributed by atoms with Gasteiger partial charge in [-0.05, 0) is 25.5 Å². The number of nitrogens with one attached hydrogen (secondary N) is 2. The molecule has 2 aromatic rings. The lowest BCUT2D eigenvalue weighted by Crippen LogP contribution is -2.15. The van der Waals surface area contributed by atoms with Gasteiger partial charge in [0.1, 0.15) is 5.01 Å². The zero-order valence-electron chi connectivity index (χ0n) is 17.3. The zero-order chi connectivity index (χ0) is 21.8. The van der Waals surface area contributed by atoms with E-state index in [4.69, 9.17) is 5.73 Å². The van der Waals surface area contributed by atoms with Crippen LogP contribution in [0.2, 0.25) is 0 Å². The molecule has 0 aromatic carbocycles. The Morgan fingerprint density at radius 2 is 2.10 bits per heavy atom. The van der Waals surface area contributed by atoms with Crippen LogP contribution in [0.5, 0.6) is 0 Å². The van der Waals surface area contributed by atoms with Gasteiger partial charge in [0.25, 0.3) is 0 Å². The molecule has 0 aliphatic heterocycles.